The number of nitrogens with zero attached hydrogens (tertiary/aromatic N) is 4. The summed E-state index contributed by atoms with van der Waals surface area (Å²) in [6.45, 7) is 1.26. The molecular formula is C26H21F6N7O3. The lowest BCUT2D eigenvalue weighted by Crippen LogP contribution is -2.32. The molecule has 0 saturated carbocycles. The lowest BCUT2D eigenvalue weighted by atomic mass is 10.0. The van der Waals surface area contributed by atoms with Gasteiger partial charge in [0.25, 0.3) is 5.91 Å². The second kappa shape index (κ2) is 10.0. The Hall–Kier alpha value is -4.60. The summed E-state index contributed by atoms with van der Waals surface area (Å²) in [5.74, 6) is -0.998. The zero-order valence-electron chi connectivity index (χ0n) is 21.4. The predicted molar refractivity (Wildman–Crippen MR) is 137 cm³/mol. The average Bonchev–Trinajstić information content (AvgIpc) is 3.59. The molecule has 4 N–H and O–H groups in total. The van der Waals surface area contributed by atoms with Crippen LogP contribution in [0, 0.1) is 0 Å². The first-order valence-corrected chi connectivity index (χ1v) is 12.7. The van der Waals surface area contributed by atoms with Crippen LogP contribution in [0.5, 0.6) is 11.5 Å². The number of carbonyl (C=O) groups is 1. The number of amides is 1. The first kappa shape index (κ1) is 27.6. The molecule has 2 aromatic heterocycles. The van der Waals surface area contributed by atoms with Gasteiger partial charge < -0.3 is 25.8 Å². The fourth-order valence-electron chi connectivity index (χ4n) is 5.10. The number of hydrogen-bond acceptors (Lipinski definition) is 8. The third-order valence-corrected chi connectivity index (χ3v) is 7.05. The molecule has 0 spiro atoms. The second-order valence-electron chi connectivity index (χ2n) is 9.69. The number of nitrogens with two attached hydrogens (primary N) is 1. The minimum Gasteiger partial charge on any atom is -0.453 e. The van der Waals surface area contributed by atoms with Crippen LogP contribution < -0.4 is 25.8 Å². The molecule has 0 aliphatic carbocycles. The minimum absolute atomic E-state index is 0.00113. The summed E-state index contributed by atoms with van der Waals surface area (Å²) in [7, 11) is 0. The van der Waals surface area contributed by atoms with E-state index in [2.05, 4.69) is 20.6 Å². The maximum Gasteiger partial charge on any atom is 0.417 e. The van der Waals surface area contributed by atoms with Gasteiger partial charge in [-0.3, -0.25) is 4.79 Å². The molecule has 16 heteroatoms. The predicted octanol–water partition coefficient (Wildman–Crippen LogP) is 5.02. The molecule has 42 heavy (non-hydrogen) atoms. The molecule has 0 radical (unpaired) electrons. The molecule has 220 valence electrons. The number of nitrogen functional groups attached to an aromatic ring is 1. The summed E-state index contributed by atoms with van der Waals surface area (Å²) < 4.78 is 93.1. The third kappa shape index (κ3) is 4.80. The summed E-state index contributed by atoms with van der Waals surface area (Å²) >= 11 is 0. The molecule has 4 aromatic rings. The van der Waals surface area contributed by atoms with E-state index in [1.165, 1.54) is 18.5 Å². The SMILES string of the molecule is Nc1ncnc2c1c(-c1ccc(NC(=O)c3ccc(C(F)(F)F)cc3C(F)(F)F)c3c1OCO3)nn2[C@@H]1CCCNC1. The number of hydrogen-bond donors (Lipinski definition) is 3. The molecule has 4 heterocycles. The van der Waals surface area contributed by atoms with Crippen molar-refractivity contribution in [2.75, 3.05) is 30.9 Å². The lowest BCUT2D eigenvalue weighted by molar-refractivity contribution is -0.143. The number of piperidine rings is 1. The highest BCUT2D eigenvalue weighted by atomic mass is 19.4. The van der Waals surface area contributed by atoms with E-state index < -0.39 is 35.0 Å². The van der Waals surface area contributed by atoms with Crippen molar-refractivity contribution in [3.63, 3.8) is 0 Å². The number of alkyl halides is 6. The van der Waals surface area contributed by atoms with Gasteiger partial charge in [0.05, 0.1) is 33.8 Å². The largest absolute Gasteiger partial charge is 0.453 e. The Morgan fingerprint density at radius 3 is 2.55 bits per heavy atom. The summed E-state index contributed by atoms with van der Waals surface area (Å²) in [5, 5.41) is 10.9. The molecule has 2 aliphatic rings. The maximum absolute atomic E-state index is 13.6. The monoisotopic (exact) mass is 593 g/mol. The highest BCUT2D eigenvalue weighted by Gasteiger charge is 2.40. The van der Waals surface area contributed by atoms with E-state index in [4.69, 9.17) is 20.3 Å². The number of carbonyl (C=O) groups excluding carboxylic acids is 1. The Kier molecular flexibility index (Phi) is 6.59. The third-order valence-electron chi connectivity index (χ3n) is 7.05. The zero-order valence-corrected chi connectivity index (χ0v) is 21.4. The van der Waals surface area contributed by atoms with Crippen LogP contribution in [0.4, 0.5) is 37.8 Å². The molecule has 6 rings (SSSR count). The number of fused-ring (bicyclic) bond motifs is 2. The molecule has 1 atom stereocenters. The van der Waals surface area contributed by atoms with Crippen LogP contribution in [0.1, 0.15) is 40.4 Å². The van der Waals surface area contributed by atoms with Crippen molar-refractivity contribution < 1.29 is 40.6 Å². The van der Waals surface area contributed by atoms with Crippen molar-refractivity contribution in [2.45, 2.75) is 31.2 Å². The summed E-state index contributed by atoms with van der Waals surface area (Å²) in [6.07, 6.45) is -7.16. The number of anilines is 2. The van der Waals surface area contributed by atoms with Gasteiger partial charge >= 0.3 is 12.4 Å². The van der Waals surface area contributed by atoms with E-state index in [0.717, 1.165) is 19.4 Å². The van der Waals surface area contributed by atoms with Crippen molar-refractivity contribution >= 4 is 28.4 Å². The van der Waals surface area contributed by atoms with E-state index in [9.17, 15) is 31.1 Å². The topological polar surface area (TPSA) is 129 Å². The van der Waals surface area contributed by atoms with Crippen molar-refractivity contribution in [2.24, 2.45) is 0 Å². The van der Waals surface area contributed by atoms with Crippen LogP contribution in [0.3, 0.4) is 0 Å². The van der Waals surface area contributed by atoms with E-state index in [0.29, 0.717) is 41.0 Å². The number of nitrogens with one attached hydrogen (secondary N) is 2. The quantitative estimate of drug-likeness (QED) is 0.282. The van der Waals surface area contributed by atoms with Gasteiger partial charge in [0, 0.05) is 12.1 Å². The van der Waals surface area contributed by atoms with Crippen molar-refractivity contribution in [3.05, 3.63) is 53.3 Å². The van der Waals surface area contributed by atoms with Gasteiger partial charge in [0.1, 0.15) is 17.8 Å². The van der Waals surface area contributed by atoms with Crippen LogP contribution in [0.25, 0.3) is 22.3 Å². The highest BCUT2D eigenvalue weighted by Crippen LogP contribution is 2.48. The Morgan fingerprint density at radius 1 is 1.05 bits per heavy atom. The summed E-state index contributed by atoms with van der Waals surface area (Å²) in [4.78, 5) is 21.4. The van der Waals surface area contributed by atoms with Crippen LogP contribution in [-0.4, -0.2) is 45.5 Å². The van der Waals surface area contributed by atoms with E-state index >= 15 is 0 Å². The summed E-state index contributed by atoms with van der Waals surface area (Å²) in [6, 6.07) is 3.66. The van der Waals surface area contributed by atoms with Gasteiger partial charge in [-0.15, -0.1) is 0 Å². The summed E-state index contributed by atoms with van der Waals surface area (Å²) in [5.41, 5.74) is 3.16. The fourth-order valence-corrected chi connectivity index (χ4v) is 5.10. The van der Waals surface area contributed by atoms with Gasteiger partial charge in [-0.05, 0) is 49.7 Å². The molecule has 1 fully saturated rings. The Morgan fingerprint density at radius 2 is 1.83 bits per heavy atom. The number of ether oxygens (including phenoxy) is 2. The van der Waals surface area contributed by atoms with Gasteiger partial charge in [0.15, 0.2) is 17.1 Å². The van der Waals surface area contributed by atoms with Crippen LogP contribution in [0.15, 0.2) is 36.7 Å². The van der Waals surface area contributed by atoms with E-state index in [1.807, 2.05) is 0 Å². The molecule has 1 saturated heterocycles. The standard InChI is InChI=1S/C26H21F6N7O3/c27-25(28,29)12-3-4-14(16(8-12)26(30,31)32)24(40)37-17-6-5-15(20-21(17)42-11-41-20)19-18-22(33)35-10-36-23(18)39(38-19)13-2-1-7-34-9-13/h3-6,8,10,13,34H,1-2,7,9,11H2,(H,37,40)(H2,33,35,36)/t13-/m1/s1. The highest BCUT2D eigenvalue weighted by molar-refractivity contribution is 6.07. The van der Waals surface area contributed by atoms with Crippen molar-refractivity contribution in [1.29, 1.82) is 0 Å². The Balaban J connectivity index is 1.40. The van der Waals surface area contributed by atoms with Crippen LogP contribution in [0.2, 0.25) is 0 Å². The Bertz CT molecular complexity index is 1700. The van der Waals surface area contributed by atoms with E-state index in [1.54, 1.807) is 4.68 Å². The molecule has 0 bridgehead atoms. The molecule has 0 unspecified atom stereocenters. The van der Waals surface area contributed by atoms with Crippen molar-refractivity contribution in [1.82, 2.24) is 25.1 Å². The maximum atomic E-state index is 13.6. The van der Waals surface area contributed by atoms with Gasteiger partial charge in [-0.1, -0.05) is 0 Å². The first-order chi connectivity index (χ1) is 19.9. The fraction of sp³-hybridized carbons (Fsp3) is 0.308. The van der Waals surface area contributed by atoms with Gasteiger partial charge in [0.2, 0.25) is 6.79 Å². The number of aromatic nitrogens is 4. The zero-order chi connectivity index (χ0) is 29.8. The van der Waals surface area contributed by atoms with Gasteiger partial charge in [-0.2, -0.15) is 31.4 Å². The minimum atomic E-state index is -5.23. The number of benzene rings is 2. The smallest absolute Gasteiger partial charge is 0.417 e. The van der Waals surface area contributed by atoms with Crippen LogP contribution in [-0.2, 0) is 12.4 Å². The van der Waals surface area contributed by atoms with E-state index in [-0.39, 0.29) is 41.9 Å². The molecule has 2 aliphatic heterocycles. The van der Waals surface area contributed by atoms with Crippen molar-refractivity contribution in [3.8, 4) is 22.8 Å². The lowest BCUT2D eigenvalue weighted by Gasteiger charge is -2.23. The Labute approximate surface area is 232 Å². The molecule has 1 amide bonds. The number of rotatable bonds is 4. The van der Waals surface area contributed by atoms with Crippen LogP contribution >= 0.6 is 0 Å². The molecular weight excluding hydrogens is 572 g/mol. The second-order valence-corrected chi connectivity index (χ2v) is 9.69. The normalized spacial score (nSPS) is 17.0. The molecule has 2 aromatic carbocycles. The average molecular weight is 593 g/mol. The molecule has 10 nitrogen and oxygen atoms in total. The van der Waals surface area contributed by atoms with Gasteiger partial charge in [-0.25, -0.2) is 14.6 Å². The number of halogens is 6. The first-order valence-electron chi connectivity index (χ1n) is 12.7.